The molecule has 2 aromatic heterocycles. The van der Waals surface area contributed by atoms with E-state index < -0.39 is 0 Å². The van der Waals surface area contributed by atoms with E-state index in [1.54, 1.807) is 15.6 Å². The number of benzene rings is 1. The molecule has 6 heteroatoms. The number of hydrogen-bond acceptors (Lipinski definition) is 4. The molecule has 1 aromatic carbocycles. The van der Waals surface area contributed by atoms with E-state index in [1.807, 2.05) is 57.2 Å². The molecule has 0 aliphatic rings. The highest BCUT2D eigenvalue weighted by atomic mass is 15.5. The Bertz CT molecular complexity index is 782. The van der Waals surface area contributed by atoms with Crippen molar-refractivity contribution in [3.63, 3.8) is 0 Å². The van der Waals surface area contributed by atoms with Gasteiger partial charge in [0.1, 0.15) is 0 Å². The molecule has 0 atom stereocenters. The fourth-order valence-corrected chi connectivity index (χ4v) is 2.11. The third-order valence-corrected chi connectivity index (χ3v) is 3.10. The van der Waals surface area contributed by atoms with Crippen LogP contribution in [0.2, 0.25) is 0 Å². The van der Waals surface area contributed by atoms with Gasteiger partial charge in [-0.15, -0.1) is 10.2 Å². The summed E-state index contributed by atoms with van der Waals surface area (Å²) >= 11 is 0. The Morgan fingerprint density at radius 2 is 1.81 bits per heavy atom. The van der Waals surface area contributed by atoms with Crippen LogP contribution >= 0.6 is 0 Å². The Hall–Kier alpha value is -2.76. The molecule has 3 aromatic rings. The Labute approximate surface area is 122 Å². The van der Waals surface area contributed by atoms with Crippen LogP contribution in [-0.2, 0) is 0 Å². The van der Waals surface area contributed by atoms with E-state index in [4.69, 9.17) is 0 Å². The SMILES string of the molecule is Cc1cc(C)n(-c2nnc(C)n2N=Cc2ccccc2)n1. The highest BCUT2D eigenvalue weighted by Gasteiger charge is 2.13. The number of aromatic nitrogens is 5. The van der Waals surface area contributed by atoms with Crippen molar-refractivity contribution in [3.05, 3.63) is 59.2 Å². The van der Waals surface area contributed by atoms with Gasteiger partial charge in [-0.05, 0) is 32.4 Å². The quantitative estimate of drug-likeness (QED) is 0.691. The first kappa shape index (κ1) is 13.2. The fraction of sp³-hybridized carbons (Fsp3) is 0.200. The molecule has 0 fully saturated rings. The van der Waals surface area contributed by atoms with Gasteiger partial charge in [-0.1, -0.05) is 30.3 Å². The van der Waals surface area contributed by atoms with E-state index in [1.165, 1.54) is 0 Å². The fourth-order valence-electron chi connectivity index (χ4n) is 2.11. The standard InChI is InChI=1S/C15H16N6/c1-11-9-12(2)20(19-11)15-18-17-13(3)21(15)16-10-14-7-5-4-6-8-14/h4-10H,1-3H3. The van der Waals surface area contributed by atoms with Crippen molar-refractivity contribution in [2.24, 2.45) is 5.10 Å². The van der Waals surface area contributed by atoms with Crippen LogP contribution in [0.5, 0.6) is 0 Å². The predicted octanol–water partition coefficient (Wildman–Crippen LogP) is 2.27. The summed E-state index contributed by atoms with van der Waals surface area (Å²) in [5, 5.41) is 17.2. The monoisotopic (exact) mass is 280 g/mol. The summed E-state index contributed by atoms with van der Waals surface area (Å²) in [5.41, 5.74) is 2.95. The lowest BCUT2D eigenvalue weighted by Gasteiger charge is -2.03. The minimum atomic E-state index is 0.588. The van der Waals surface area contributed by atoms with E-state index in [9.17, 15) is 0 Å². The van der Waals surface area contributed by atoms with Gasteiger partial charge in [-0.2, -0.15) is 14.9 Å². The number of rotatable bonds is 3. The molecule has 0 aliphatic carbocycles. The number of nitrogens with zero attached hydrogens (tertiary/aromatic N) is 6. The van der Waals surface area contributed by atoms with Crippen LogP contribution in [0.4, 0.5) is 0 Å². The van der Waals surface area contributed by atoms with Gasteiger partial charge in [0.25, 0.3) is 5.95 Å². The first-order valence-electron chi connectivity index (χ1n) is 6.70. The molecular formula is C15H16N6. The lowest BCUT2D eigenvalue weighted by Crippen LogP contribution is -2.07. The molecule has 0 saturated carbocycles. The van der Waals surface area contributed by atoms with Gasteiger partial charge in [0, 0.05) is 5.69 Å². The summed E-state index contributed by atoms with van der Waals surface area (Å²) in [4.78, 5) is 0. The Morgan fingerprint density at radius 3 is 2.48 bits per heavy atom. The van der Waals surface area contributed by atoms with Crippen LogP contribution in [0.25, 0.3) is 5.95 Å². The van der Waals surface area contributed by atoms with Crippen LogP contribution in [0.3, 0.4) is 0 Å². The van der Waals surface area contributed by atoms with Gasteiger partial charge in [0.05, 0.1) is 11.9 Å². The van der Waals surface area contributed by atoms with E-state index >= 15 is 0 Å². The van der Waals surface area contributed by atoms with Crippen molar-refractivity contribution >= 4 is 6.21 Å². The van der Waals surface area contributed by atoms with Gasteiger partial charge in [0.15, 0.2) is 5.82 Å². The average Bonchev–Trinajstić information content (AvgIpc) is 3.00. The van der Waals surface area contributed by atoms with Crippen LogP contribution in [0, 0.1) is 20.8 Å². The minimum absolute atomic E-state index is 0.588. The molecular weight excluding hydrogens is 264 g/mol. The summed E-state index contributed by atoms with van der Waals surface area (Å²) in [6, 6.07) is 11.9. The minimum Gasteiger partial charge on any atom is -0.202 e. The zero-order valence-electron chi connectivity index (χ0n) is 12.2. The molecule has 0 saturated heterocycles. The zero-order valence-corrected chi connectivity index (χ0v) is 12.2. The number of aryl methyl sites for hydroxylation is 3. The van der Waals surface area contributed by atoms with Crippen molar-refractivity contribution in [1.29, 1.82) is 0 Å². The van der Waals surface area contributed by atoms with Crippen LogP contribution < -0.4 is 0 Å². The molecule has 0 spiro atoms. The van der Waals surface area contributed by atoms with E-state index in [-0.39, 0.29) is 0 Å². The molecule has 0 N–H and O–H groups in total. The summed E-state index contributed by atoms with van der Waals surface area (Å²) in [6.45, 7) is 5.80. The van der Waals surface area contributed by atoms with Crippen LogP contribution in [0.1, 0.15) is 22.8 Å². The van der Waals surface area contributed by atoms with Gasteiger partial charge in [-0.3, -0.25) is 0 Å². The zero-order chi connectivity index (χ0) is 14.8. The van der Waals surface area contributed by atoms with E-state index in [0.717, 1.165) is 17.0 Å². The van der Waals surface area contributed by atoms with Crippen molar-refractivity contribution in [2.45, 2.75) is 20.8 Å². The molecule has 0 aliphatic heterocycles. The van der Waals surface area contributed by atoms with Gasteiger partial charge < -0.3 is 0 Å². The van der Waals surface area contributed by atoms with Crippen molar-refractivity contribution in [3.8, 4) is 5.95 Å². The summed E-state index contributed by atoms with van der Waals surface area (Å²) in [6.07, 6.45) is 1.78. The molecule has 0 unspecified atom stereocenters. The Morgan fingerprint density at radius 1 is 1.05 bits per heavy atom. The van der Waals surface area contributed by atoms with E-state index in [2.05, 4.69) is 20.4 Å². The predicted molar refractivity (Wildman–Crippen MR) is 80.8 cm³/mol. The first-order valence-corrected chi connectivity index (χ1v) is 6.70. The maximum Gasteiger partial charge on any atom is 0.273 e. The molecule has 6 nitrogen and oxygen atoms in total. The third-order valence-electron chi connectivity index (χ3n) is 3.10. The summed E-state index contributed by atoms with van der Waals surface area (Å²) < 4.78 is 3.43. The van der Waals surface area contributed by atoms with Crippen LogP contribution in [-0.4, -0.2) is 30.9 Å². The summed E-state index contributed by atoms with van der Waals surface area (Å²) in [7, 11) is 0. The topological polar surface area (TPSA) is 60.9 Å². The molecule has 0 amide bonds. The van der Waals surface area contributed by atoms with Crippen molar-refractivity contribution in [2.75, 3.05) is 0 Å². The largest absolute Gasteiger partial charge is 0.273 e. The second-order valence-corrected chi connectivity index (χ2v) is 4.85. The van der Waals surface area contributed by atoms with Crippen LogP contribution in [0.15, 0.2) is 41.5 Å². The third kappa shape index (κ3) is 2.60. The lowest BCUT2D eigenvalue weighted by molar-refractivity contribution is 0.708. The molecule has 0 radical (unpaired) electrons. The lowest BCUT2D eigenvalue weighted by atomic mass is 10.2. The maximum atomic E-state index is 4.47. The molecule has 2 heterocycles. The van der Waals surface area contributed by atoms with Gasteiger partial charge >= 0.3 is 0 Å². The van der Waals surface area contributed by atoms with Crippen molar-refractivity contribution in [1.82, 2.24) is 24.7 Å². The first-order chi connectivity index (χ1) is 10.1. The molecule has 3 rings (SSSR count). The number of hydrogen-bond donors (Lipinski definition) is 0. The summed E-state index contributed by atoms with van der Waals surface area (Å²) in [5.74, 6) is 1.30. The second kappa shape index (κ2) is 5.32. The van der Waals surface area contributed by atoms with Gasteiger partial charge in [-0.25, -0.2) is 4.68 Å². The highest BCUT2D eigenvalue weighted by Crippen LogP contribution is 2.11. The maximum absolute atomic E-state index is 4.47. The molecule has 0 bridgehead atoms. The van der Waals surface area contributed by atoms with Gasteiger partial charge in [0.2, 0.25) is 0 Å². The average molecular weight is 280 g/mol. The Balaban J connectivity index is 2.02. The van der Waals surface area contributed by atoms with E-state index in [0.29, 0.717) is 11.8 Å². The second-order valence-electron chi connectivity index (χ2n) is 4.85. The highest BCUT2D eigenvalue weighted by molar-refractivity contribution is 5.79. The molecule has 106 valence electrons. The smallest absolute Gasteiger partial charge is 0.202 e. The Kier molecular flexibility index (Phi) is 3.35. The molecule has 21 heavy (non-hydrogen) atoms. The van der Waals surface area contributed by atoms with Crippen molar-refractivity contribution < 1.29 is 0 Å². The normalized spacial score (nSPS) is 11.4.